The molecule has 0 amide bonds. The Morgan fingerprint density at radius 2 is 1.75 bits per heavy atom. The lowest BCUT2D eigenvalue weighted by Gasteiger charge is -2.43. The van der Waals surface area contributed by atoms with Crippen LogP contribution in [0.3, 0.4) is 0 Å². The van der Waals surface area contributed by atoms with Gasteiger partial charge in [0.25, 0.3) is 0 Å². The zero-order chi connectivity index (χ0) is 9.57. The van der Waals surface area contributed by atoms with Crippen molar-refractivity contribution in [3.05, 3.63) is 10.1 Å². The lowest BCUT2D eigenvalue weighted by Crippen LogP contribution is -2.57. The van der Waals surface area contributed by atoms with E-state index in [1.807, 2.05) is 0 Å². The summed E-state index contributed by atoms with van der Waals surface area (Å²) >= 11 is 0. The highest BCUT2D eigenvalue weighted by molar-refractivity contribution is 4.84. The Kier molecular flexibility index (Phi) is 1.91. The van der Waals surface area contributed by atoms with Gasteiger partial charge in [-0.3, -0.25) is 0 Å². The maximum atomic E-state index is 11.4. The normalized spacial score (nSPS) is 27.4. The minimum atomic E-state index is -0.544. The molecule has 0 aromatic rings. The fourth-order valence-corrected chi connectivity index (χ4v) is 1.29. The monoisotopic (exact) mass is 172 g/mol. The van der Waals surface area contributed by atoms with E-state index in [1.165, 1.54) is 0 Å². The number of nitrogens with zero attached hydrogens (tertiary/aromatic N) is 2. The first kappa shape index (κ1) is 9.45. The van der Waals surface area contributed by atoms with Crippen molar-refractivity contribution in [3.8, 4) is 0 Å². The molecule has 1 saturated heterocycles. The van der Waals surface area contributed by atoms with E-state index in [2.05, 4.69) is 0 Å². The van der Waals surface area contributed by atoms with Gasteiger partial charge in [0, 0.05) is 20.3 Å². The van der Waals surface area contributed by atoms with Gasteiger partial charge in [-0.15, -0.1) is 0 Å². The van der Waals surface area contributed by atoms with Crippen molar-refractivity contribution in [1.82, 2.24) is 5.17 Å². The number of rotatable bonds is 0. The topological polar surface area (TPSA) is 46.4 Å². The molecule has 0 bridgehead atoms. The molecule has 12 heavy (non-hydrogen) atoms. The summed E-state index contributed by atoms with van der Waals surface area (Å²) in [7, 11) is 0. The second-order valence-electron chi connectivity index (χ2n) is 4.67. The smallest absolute Gasteiger partial charge is 0.237 e. The van der Waals surface area contributed by atoms with Gasteiger partial charge in [0.15, 0.2) is 0 Å². The highest BCUT2D eigenvalue weighted by Crippen LogP contribution is 2.33. The summed E-state index contributed by atoms with van der Waals surface area (Å²) in [4.78, 5) is 11.9. The average molecular weight is 172 g/mol. The summed E-state index contributed by atoms with van der Waals surface area (Å²) in [6.07, 6.45) is 1.53. The molecule has 0 N–H and O–H groups in total. The maximum Gasteiger partial charge on any atom is 0.237 e. The van der Waals surface area contributed by atoms with Crippen molar-refractivity contribution in [2.45, 2.75) is 51.6 Å². The Labute approximate surface area is 72.7 Å². The van der Waals surface area contributed by atoms with Crippen molar-refractivity contribution >= 4 is 0 Å². The van der Waals surface area contributed by atoms with Crippen LogP contribution in [-0.4, -0.2) is 21.1 Å². The molecule has 0 aromatic carbocycles. The van der Waals surface area contributed by atoms with Gasteiger partial charge in [-0.2, -0.15) is 5.17 Å². The van der Waals surface area contributed by atoms with E-state index in [0.29, 0.717) is 10.0 Å². The first-order valence-corrected chi connectivity index (χ1v) is 4.22. The largest absolute Gasteiger partial charge is 0.704 e. The Balaban J connectivity index is 2.88. The van der Waals surface area contributed by atoms with Crippen LogP contribution >= 0.6 is 0 Å². The first-order chi connectivity index (χ1) is 5.27. The molecule has 0 atom stereocenters. The van der Waals surface area contributed by atoms with E-state index >= 15 is 0 Å². The van der Waals surface area contributed by atoms with Crippen LogP contribution in [0.1, 0.15) is 40.5 Å². The summed E-state index contributed by atoms with van der Waals surface area (Å²) < 4.78 is 0. The molecule has 0 saturated carbocycles. The Morgan fingerprint density at radius 3 is 2.17 bits per heavy atom. The van der Waals surface area contributed by atoms with Crippen LogP contribution in [0.2, 0.25) is 0 Å². The summed E-state index contributed by atoms with van der Waals surface area (Å²) in [5, 5.41) is 11.9. The second kappa shape index (κ2) is 2.42. The van der Waals surface area contributed by atoms with Gasteiger partial charge < -0.3 is 5.21 Å². The number of hydrogen-bond donors (Lipinski definition) is 0. The molecule has 1 aliphatic rings. The van der Waals surface area contributed by atoms with Crippen molar-refractivity contribution in [1.29, 1.82) is 0 Å². The molecule has 70 valence electrons. The number of hydrazine groups is 1. The molecular weight excluding hydrogens is 156 g/mol. The zero-order valence-electron chi connectivity index (χ0n) is 8.13. The summed E-state index contributed by atoms with van der Waals surface area (Å²) in [5.74, 6) is 0. The lowest BCUT2D eigenvalue weighted by atomic mass is 9.87. The Bertz CT molecular complexity index is 211. The van der Waals surface area contributed by atoms with Crippen molar-refractivity contribution in [2.75, 3.05) is 0 Å². The van der Waals surface area contributed by atoms with E-state index in [1.54, 1.807) is 27.7 Å². The van der Waals surface area contributed by atoms with Gasteiger partial charge in [0.05, 0.1) is 10.4 Å². The molecule has 1 fully saturated rings. The minimum Gasteiger partial charge on any atom is -0.704 e. The SMILES string of the molecule is CC1(C)CCC(C)(C)[N+](=O)N1[O-]. The average Bonchev–Trinajstić information content (AvgIpc) is 1.96. The molecule has 4 heteroatoms. The van der Waals surface area contributed by atoms with Gasteiger partial charge >= 0.3 is 0 Å². The lowest BCUT2D eigenvalue weighted by molar-refractivity contribution is -0.772. The van der Waals surface area contributed by atoms with Gasteiger partial charge in [0.1, 0.15) is 4.87 Å². The standard InChI is InChI=1S/C8H16N2O2/c1-7(2)5-6-8(3,4)10(12)9(7)11/h5-6H2,1-4H3. The predicted octanol–water partition coefficient (Wildman–Crippen LogP) is 1.83. The van der Waals surface area contributed by atoms with Crippen LogP contribution in [0, 0.1) is 10.1 Å². The molecule has 0 aliphatic carbocycles. The van der Waals surface area contributed by atoms with Crippen LogP contribution in [0.4, 0.5) is 0 Å². The third kappa shape index (κ3) is 1.31. The molecule has 0 radical (unpaired) electrons. The zero-order valence-corrected chi connectivity index (χ0v) is 8.13. The van der Waals surface area contributed by atoms with Gasteiger partial charge in [0.2, 0.25) is 5.54 Å². The molecule has 0 unspecified atom stereocenters. The molecule has 1 heterocycles. The van der Waals surface area contributed by atoms with Crippen molar-refractivity contribution in [2.24, 2.45) is 0 Å². The minimum absolute atomic E-state index is 0.544. The van der Waals surface area contributed by atoms with Crippen LogP contribution in [-0.2, 0) is 0 Å². The van der Waals surface area contributed by atoms with Crippen molar-refractivity contribution < 1.29 is 4.87 Å². The molecule has 1 aliphatic heterocycles. The Morgan fingerprint density at radius 1 is 1.25 bits per heavy atom. The van der Waals surface area contributed by atoms with Crippen molar-refractivity contribution in [3.63, 3.8) is 0 Å². The van der Waals surface area contributed by atoms with Crippen LogP contribution < -0.4 is 0 Å². The third-order valence-electron chi connectivity index (χ3n) is 2.55. The van der Waals surface area contributed by atoms with Crippen LogP contribution in [0.25, 0.3) is 0 Å². The second-order valence-corrected chi connectivity index (χ2v) is 4.67. The summed E-state index contributed by atoms with van der Waals surface area (Å²) in [6.45, 7) is 7.17. The van der Waals surface area contributed by atoms with E-state index in [-0.39, 0.29) is 0 Å². The maximum absolute atomic E-state index is 11.4. The summed E-state index contributed by atoms with van der Waals surface area (Å²) in [5.41, 5.74) is -1.09. The highest BCUT2D eigenvalue weighted by Gasteiger charge is 2.47. The Hall–Kier alpha value is -0.640. The fourth-order valence-electron chi connectivity index (χ4n) is 1.29. The summed E-state index contributed by atoms with van der Waals surface area (Å²) in [6, 6.07) is 0. The van der Waals surface area contributed by atoms with E-state index in [4.69, 9.17) is 0 Å². The van der Waals surface area contributed by atoms with Crippen LogP contribution in [0.15, 0.2) is 0 Å². The fraction of sp³-hybridized carbons (Fsp3) is 1.00. The number of hydrogen-bond acceptors (Lipinski definition) is 2. The number of hydroxylamine groups is 1. The van der Waals surface area contributed by atoms with Gasteiger partial charge in [-0.05, 0) is 20.3 Å². The molecule has 0 spiro atoms. The molecule has 0 aromatic heterocycles. The van der Waals surface area contributed by atoms with E-state index in [0.717, 1.165) is 12.8 Å². The van der Waals surface area contributed by atoms with E-state index < -0.39 is 11.1 Å². The molecule has 1 rings (SSSR count). The first-order valence-electron chi connectivity index (χ1n) is 4.22. The number of nitroso groups, excluding NO2 is 1. The van der Waals surface area contributed by atoms with E-state index in [9.17, 15) is 10.1 Å². The van der Waals surface area contributed by atoms with Gasteiger partial charge in [-0.25, -0.2) is 0 Å². The highest BCUT2D eigenvalue weighted by atomic mass is 16.6. The predicted molar refractivity (Wildman–Crippen MR) is 46.2 cm³/mol. The molecular formula is C8H16N2O2. The molecule has 4 nitrogen and oxygen atoms in total. The van der Waals surface area contributed by atoms with Crippen LogP contribution in [0.5, 0.6) is 0 Å². The third-order valence-corrected chi connectivity index (χ3v) is 2.55. The quantitative estimate of drug-likeness (QED) is 0.524. The van der Waals surface area contributed by atoms with Gasteiger partial charge in [-0.1, -0.05) is 0 Å².